The van der Waals surface area contributed by atoms with Gasteiger partial charge in [-0.05, 0) is 99.4 Å². The maximum absolute atomic E-state index is 12.1. The zero-order valence-electron chi connectivity index (χ0n) is 16.9. The van der Waals surface area contributed by atoms with Crippen molar-refractivity contribution in [1.29, 1.82) is 0 Å². The molecule has 0 aliphatic heterocycles. The van der Waals surface area contributed by atoms with Crippen molar-refractivity contribution >= 4 is 72.4 Å². The Labute approximate surface area is 212 Å². The first-order valence-corrected chi connectivity index (χ1v) is 12.0. The minimum atomic E-state index is -0.412. The fraction of sp³-hybridized carbons (Fsp3) is 0.130. The number of hydrogen-bond donors (Lipinski definition) is 2. The highest BCUT2D eigenvalue weighted by Gasteiger charge is 2.09. The summed E-state index contributed by atoms with van der Waals surface area (Å²) >= 11 is 9.23. The number of carbonyl (C=O) groups is 1. The fourth-order valence-electron chi connectivity index (χ4n) is 2.80. The third kappa shape index (κ3) is 7.05. The third-order valence-electron chi connectivity index (χ3n) is 4.28. The van der Waals surface area contributed by atoms with Crippen LogP contribution in [0.4, 0.5) is 10.5 Å². The van der Waals surface area contributed by atoms with E-state index in [1.54, 1.807) is 6.21 Å². The molecule has 3 aromatic rings. The highest BCUT2D eigenvalue weighted by atomic mass is 127. The van der Waals surface area contributed by atoms with Gasteiger partial charge in [0.15, 0.2) is 0 Å². The summed E-state index contributed by atoms with van der Waals surface area (Å²) < 4.78 is 8.76. The third-order valence-corrected chi connectivity index (χ3v) is 6.56. The van der Waals surface area contributed by atoms with Gasteiger partial charge < -0.3 is 10.1 Å². The number of ether oxygens (including phenoxy) is 1. The Morgan fingerprint density at radius 3 is 2.61 bits per heavy atom. The van der Waals surface area contributed by atoms with Gasteiger partial charge in [0.25, 0.3) is 0 Å². The standard InChI is InChI=1S/C23H20Br2IN3O2/c1-14-4-3-5-16(8-14)13-31-22-20(25)10-17(11-21(22)26)12-27-29-23(30)28-18-6-7-19(24)15(2)9-18/h3-12H,13H2,1-2H3,(H2,28,29,30)/b27-12+. The Kier molecular flexibility index (Phi) is 8.50. The zero-order valence-corrected chi connectivity index (χ0v) is 22.2. The minimum Gasteiger partial charge on any atom is -0.487 e. The summed E-state index contributed by atoms with van der Waals surface area (Å²) in [6.45, 7) is 4.51. The molecule has 2 amide bonds. The number of hydrogen-bond acceptors (Lipinski definition) is 3. The SMILES string of the molecule is Cc1cccc(COc2c(Br)cc(/C=N/NC(=O)Nc3ccc(Br)c(C)c3)cc2I)c1. The van der Waals surface area contributed by atoms with Crippen molar-refractivity contribution in [3.8, 4) is 5.75 Å². The van der Waals surface area contributed by atoms with Crippen LogP contribution < -0.4 is 15.5 Å². The molecule has 8 heteroatoms. The van der Waals surface area contributed by atoms with Crippen LogP contribution >= 0.6 is 54.5 Å². The number of aryl methyl sites for hydroxylation is 2. The van der Waals surface area contributed by atoms with Gasteiger partial charge >= 0.3 is 6.03 Å². The molecule has 3 aromatic carbocycles. The molecule has 0 radical (unpaired) electrons. The smallest absolute Gasteiger partial charge is 0.339 e. The average molecular weight is 657 g/mol. The molecule has 5 nitrogen and oxygen atoms in total. The van der Waals surface area contributed by atoms with Gasteiger partial charge in [-0.1, -0.05) is 45.8 Å². The van der Waals surface area contributed by atoms with E-state index >= 15 is 0 Å². The minimum absolute atomic E-state index is 0.412. The van der Waals surface area contributed by atoms with E-state index in [4.69, 9.17) is 4.74 Å². The second-order valence-electron chi connectivity index (χ2n) is 6.88. The Morgan fingerprint density at radius 1 is 1.10 bits per heavy atom. The summed E-state index contributed by atoms with van der Waals surface area (Å²) in [4.78, 5) is 12.1. The highest BCUT2D eigenvalue weighted by Crippen LogP contribution is 2.32. The van der Waals surface area contributed by atoms with Gasteiger partial charge in [-0.2, -0.15) is 5.10 Å². The van der Waals surface area contributed by atoms with Crippen LogP contribution in [-0.4, -0.2) is 12.2 Å². The Morgan fingerprint density at radius 2 is 1.90 bits per heavy atom. The van der Waals surface area contributed by atoms with Crippen molar-refractivity contribution in [3.05, 3.63) is 89.4 Å². The lowest BCUT2D eigenvalue weighted by molar-refractivity contribution is 0.252. The molecule has 0 saturated heterocycles. The normalized spacial score (nSPS) is 10.9. The van der Waals surface area contributed by atoms with Gasteiger partial charge in [0.05, 0.1) is 14.3 Å². The molecule has 2 N–H and O–H groups in total. The van der Waals surface area contributed by atoms with Gasteiger partial charge in [-0.25, -0.2) is 10.2 Å². The maximum atomic E-state index is 12.1. The first-order valence-electron chi connectivity index (χ1n) is 9.35. The lowest BCUT2D eigenvalue weighted by Gasteiger charge is -2.12. The number of urea groups is 1. The summed E-state index contributed by atoms with van der Waals surface area (Å²) in [6.07, 6.45) is 1.59. The number of amides is 2. The molecule has 0 bridgehead atoms. The second-order valence-corrected chi connectivity index (χ2v) is 9.75. The number of anilines is 1. The average Bonchev–Trinajstić information content (AvgIpc) is 2.70. The largest absolute Gasteiger partial charge is 0.487 e. The van der Waals surface area contributed by atoms with Crippen LogP contribution in [0.2, 0.25) is 0 Å². The number of rotatable bonds is 6. The van der Waals surface area contributed by atoms with Crippen molar-refractivity contribution in [2.75, 3.05) is 5.32 Å². The van der Waals surface area contributed by atoms with Crippen LogP contribution in [-0.2, 0) is 6.61 Å². The molecule has 160 valence electrons. The van der Waals surface area contributed by atoms with Gasteiger partial charge in [0.1, 0.15) is 12.4 Å². The van der Waals surface area contributed by atoms with Crippen molar-refractivity contribution in [1.82, 2.24) is 5.43 Å². The van der Waals surface area contributed by atoms with Gasteiger partial charge in [-0.15, -0.1) is 0 Å². The van der Waals surface area contributed by atoms with Crippen molar-refractivity contribution in [3.63, 3.8) is 0 Å². The van der Waals surface area contributed by atoms with E-state index in [1.165, 1.54) is 5.56 Å². The number of nitrogens with zero attached hydrogens (tertiary/aromatic N) is 1. The predicted octanol–water partition coefficient (Wildman–Crippen LogP) is 7.17. The molecule has 0 aliphatic carbocycles. The lowest BCUT2D eigenvalue weighted by Crippen LogP contribution is -2.24. The van der Waals surface area contributed by atoms with Crippen LogP contribution in [0.25, 0.3) is 0 Å². The summed E-state index contributed by atoms with van der Waals surface area (Å²) in [5, 5.41) is 6.78. The summed E-state index contributed by atoms with van der Waals surface area (Å²) in [5.74, 6) is 0.774. The van der Waals surface area contributed by atoms with Crippen molar-refractivity contribution < 1.29 is 9.53 Å². The van der Waals surface area contributed by atoms with Crippen LogP contribution in [0.3, 0.4) is 0 Å². The monoisotopic (exact) mass is 655 g/mol. The van der Waals surface area contributed by atoms with E-state index in [0.717, 1.165) is 35.0 Å². The molecule has 0 fully saturated rings. The van der Waals surface area contributed by atoms with E-state index in [1.807, 2.05) is 49.4 Å². The highest BCUT2D eigenvalue weighted by molar-refractivity contribution is 14.1. The summed E-state index contributed by atoms with van der Waals surface area (Å²) in [7, 11) is 0. The number of nitrogens with one attached hydrogen (secondary N) is 2. The van der Waals surface area contributed by atoms with Crippen LogP contribution in [0.5, 0.6) is 5.75 Å². The molecular formula is C23H20Br2IN3O2. The van der Waals surface area contributed by atoms with Crippen LogP contribution in [0.1, 0.15) is 22.3 Å². The number of hydrazone groups is 1. The first-order chi connectivity index (χ1) is 14.8. The van der Waals surface area contributed by atoms with E-state index in [9.17, 15) is 4.79 Å². The number of halogens is 3. The molecule has 0 spiro atoms. The molecule has 31 heavy (non-hydrogen) atoms. The van der Waals surface area contributed by atoms with Gasteiger partial charge in [-0.3, -0.25) is 0 Å². The molecule has 0 heterocycles. The number of carbonyl (C=O) groups excluding carboxylic acids is 1. The maximum Gasteiger partial charge on any atom is 0.339 e. The molecule has 0 atom stereocenters. The topological polar surface area (TPSA) is 62.7 Å². The molecule has 0 aromatic heterocycles. The first kappa shape index (κ1) is 23.7. The zero-order chi connectivity index (χ0) is 22.4. The molecule has 3 rings (SSSR count). The Balaban J connectivity index is 1.59. The quantitative estimate of drug-likeness (QED) is 0.168. The van der Waals surface area contributed by atoms with E-state index in [2.05, 4.69) is 89.4 Å². The molecule has 0 unspecified atom stereocenters. The van der Waals surface area contributed by atoms with Crippen LogP contribution in [0.15, 0.2) is 68.6 Å². The molecule has 0 saturated carbocycles. The van der Waals surface area contributed by atoms with E-state index in [0.29, 0.717) is 12.3 Å². The lowest BCUT2D eigenvalue weighted by atomic mass is 10.1. The van der Waals surface area contributed by atoms with Crippen molar-refractivity contribution in [2.45, 2.75) is 20.5 Å². The van der Waals surface area contributed by atoms with E-state index < -0.39 is 6.03 Å². The Hall–Kier alpha value is -1.91. The van der Waals surface area contributed by atoms with Gasteiger partial charge in [0, 0.05) is 10.2 Å². The van der Waals surface area contributed by atoms with E-state index in [-0.39, 0.29) is 0 Å². The molecule has 0 aliphatic rings. The molecular weight excluding hydrogens is 637 g/mol. The summed E-state index contributed by atoms with van der Waals surface area (Å²) in [6, 6.07) is 17.2. The fourth-order valence-corrected chi connectivity index (χ4v) is 4.81. The predicted molar refractivity (Wildman–Crippen MR) is 141 cm³/mol. The van der Waals surface area contributed by atoms with Crippen molar-refractivity contribution in [2.24, 2.45) is 5.10 Å². The summed E-state index contributed by atoms with van der Waals surface area (Å²) in [5.41, 5.74) is 7.36. The van der Waals surface area contributed by atoms with Crippen LogP contribution in [0, 0.1) is 17.4 Å². The Bertz CT molecular complexity index is 1110. The number of benzene rings is 3. The van der Waals surface area contributed by atoms with Gasteiger partial charge in [0.2, 0.25) is 0 Å². The second kappa shape index (κ2) is 11.1.